The molecular weight excluding hydrogens is 426 g/mol. The van der Waals surface area contributed by atoms with Crippen molar-refractivity contribution in [3.63, 3.8) is 0 Å². The first kappa shape index (κ1) is 24.0. The summed E-state index contributed by atoms with van der Waals surface area (Å²) in [5.41, 5.74) is 1.10. The Morgan fingerprint density at radius 3 is 2.62 bits per heavy atom. The van der Waals surface area contributed by atoms with Crippen molar-refractivity contribution in [2.75, 3.05) is 24.7 Å². The van der Waals surface area contributed by atoms with Crippen LogP contribution in [0.4, 0.5) is 0 Å². The molecule has 1 heterocycles. The number of rotatable bonds is 11. The Morgan fingerprint density at radius 1 is 1.24 bits per heavy atom. The molecule has 160 valence electrons. The number of benzene rings is 1. The standard InChI is InChI=1S/C20H29N3O3S3/c1-5-10-21-17(25)13-28-19-23-22-18(29-19)27-12-14(24)11-26-16-9-7-6-8-15(16)20(2,3)4/h6-9,14,24H,5,10-13H2,1-4H3,(H,21,25)/t14-/m1/s1. The third kappa shape index (κ3) is 8.54. The van der Waals surface area contributed by atoms with Crippen LogP contribution in [-0.2, 0) is 10.2 Å². The zero-order chi connectivity index (χ0) is 21.3. The van der Waals surface area contributed by atoms with Gasteiger partial charge in [0.1, 0.15) is 12.4 Å². The van der Waals surface area contributed by atoms with E-state index in [-0.39, 0.29) is 17.9 Å². The third-order valence-electron chi connectivity index (χ3n) is 3.81. The van der Waals surface area contributed by atoms with Crippen LogP contribution in [0.1, 0.15) is 39.7 Å². The maximum absolute atomic E-state index is 11.6. The minimum atomic E-state index is -0.618. The number of ether oxygens (including phenoxy) is 1. The third-order valence-corrected chi connectivity index (χ3v) is 7.15. The number of nitrogens with one attached hydrogen (secondary N) is 1. The van der Waals surface area contributed by atoms with E-state index in [2.05, 4.69) is 42.4 Å². The van der Waals surface area contributed by atoms with Gasteiger partial charge < -0.3 is 15.2 Å². The Morgan fingerprint density at radius 2 is 1.93 bits per heavy atom. The Bertz CT molecular complexity index is 778. The zero-order valence-corrected chi connectivity index (χ0v) is 19.8. The van der Waals surface area contributed by atoms with E-state index in [0.717, 1.165) is 26.4 Å². The van der Waals surface area contributed by atoms with Gasteiger partial charge in [0.25, 0.3) is 0 Å². The maximum Gasteiger partial charge on any atom is 0.230 e. The van der Waals surface area contributed by atoms with Crippen molar-refractivity contribution in [3.8, 4) is 5.75 Å². The molecule has 1 aromatic carbocycles. The van der Waals surface area contributed by atoms with Crippen LogP contribution in [0.15, 0.2) is 32.9 Å². The number of aliphatic hydroxyl groups excluding tert-OH is 1. The summed E-state index contributed by atoms with van der Waals surface area (Å²) in [6.45, 7) is 9.35. The molecule has 2 aromatic rings. The van der Waals surface area contributed by atoms with Crippen LogP contribution in [-0.4, -0.2) is 52.0 Å². The number of hydrogen-bond donors (Lipinski definition) is 2. The van der Waals surface area contributed by atoms with E-state index < -0.39 is 6.10 Å². The first-order chi connectivity index (χ1) is 13.8. The van der Waals surface area contributed by atoms with Crippen LogP contribution in [0.3, 0.4) is 0 Å². The lowest BCUT2D eigenvalue weighted by Gasteiger charge is -2.23. The van der Waals surface area contributed by atoms with Crippen molar-refractivity contribution in [2.24, 2.45) is 0 Å². The number of carbonyl (C=O) groups is 1. The molecule has 29 heavy (non-hydrogen) atoms. The van der Waals surface area contributed by atoms with Gasteiger partial charge in [-0.2, -0.15) is 0 Å². The van der Waals surface area contributed by atoms with Crippen LogP contribution in [0.25, 0.3) is 0 Å². The summed E-state index contributed by atoms with van der Waals surface area (Å²) in [6, 6.07) is 7.93. The van der Waals surface area contributed by atoms with E-state index in [0.29, 0.717) is 18.1 Å². The number of aliphatic hydroxyl groups is 1. The Kier molecular flexibility index (Phi) is 9.74. The Labute approximate surface area is 185 Å². The molecule has 0 bridgehead atoms. The lowest BCUT2D eigenvalue weighted by molar-refractivity contribution is -0.118. The molecule has 1 atom stereocenters. The number of hydrogen-bond acceptors (Lipinski definition) is 8. The SMILES string of the molecule is CCCNC(=O)CSc1nnc(SC[C@H](O)COc2ccccc2C(C)(C)C)s1. The van der Waals surface area contributed by atoms with Gasteiger partial charge >= 0.3 is 0 Å². The molecule has 0 aliphatic heterocycles. The molecule has 9 heteroatoms. The average molecular weight is 456 g/mol. The first-order valence-corrected chi connectivity index (χ1v) is 12.3. The maximum atomic E-state index is 11.6. The fourth-order valence-electron chi connectivity index (χ4n) is 2.37. The molecule has 0 unspecified atom stereocenters. The second-order valence-corrected chi connectivity index (χ2v) is 11.0. The Balaban J connectivity index is 1.76. The molecule has 1 amide bonds. The molecular formula is C20H29N3O3S3. The van der Waals surface area contributed by atoms with E-state index in [9.17, 15) is 9.90 Å². The van der Waals surface area contributed by atoms with Gasteiger partial charge in [-0.3, -0.25) is 4.79 Å². The quantitative estimate of drug-likeness (QED) is 0.496. The van der Waals surface area contributed by atoms with Gasteiger partial charge in [0.15, 0.2) is 8.68 Å². The molecule has 0 fully saturated rings. The van der Waals surface area contributed by atoms with E-state index in [4.69, 9.17) is 4.74 Å². The summed E-state index contributed by atoms with van der Waals surface area (Å²) in [7, 11) is 0. The number of nitrogens with zero attached hydrogens (tertiary/aromatic N) is 2. The Hall–Kier alpha value is -1.29. The minimum absolute atomic E-state index is 0.00404. The van der Waals surface area contributed by atoms with Crippen LogP contribution in [0.2, 0.25) is 0 Å². The molecule has 0 radical (unpaired) electrons. The average Bonchev–Trinajstić information content (AvgIpc) is 3.15. The molecule has 0 aliphatic rings. The molecule has 0 aliphatic carbocycles. The van der Waals surface area contributed by atoms with Crippen LogP contribution in [0, 0.1) is 0 Å². The highest BCUT2D eigenvalue weighted by Crippen LogP contribution is 2.32. The van der Waals surface area contributed by atoms with Crippen molar-refractivity contribution in [1.29, 1.82) is 0 Å². The lowest BCUT2D eigenvalue weighted by Crippen LogP contribution is -2.25. The highest BCUT2D eigenvalue weighted by Gasteiger charge is 2.19. The number of aromatic nitrogens is 2. The first-order valence-electron chi connectivity index (χ1n) is 9.55. The van der Waals surface area contributed by atoms with Gasteiger partial charge in [0, 0.05) is 12.3 Å². The number of para-hydroxylation sites is 1. The van der Waals surface area contributed by atoms with Gasteiger partial charge in [0.05, 0.1) is 11.9 Å². The smallest absolute Gasteiger partial charge is 0.230 e. The predicted octanol–water partition coefficient (Wildman–Crippen LogP) is 3.99. The van der Waals surface area contributed by atoms with Gasteiger partial charge in [-0.05, 0) is 23.5 Å². The second-order valence-electron chi connectivity index (χ2n) is 7.49. The molecule has 0 spiro atoms. The number of carbonyl (C=O) groups excluding carboxylic acids is 1. The zero-order valence-electron chi connectivity index (χ0n) is 17.3. The van der Waals surface area contributed by atoms with Gasteiger partial charge in [-0.1, -0.05) is 80.8 Å². The van der Waals surface area contributed by atoms with Crippen molar-refractivity contribution >= 4 is 40.8 Å². The van der Waals surface area contributed by atoms with Crippen molar-refractivity contribution in [3.05, 3.63) is 29.8 Å². The molecule has 0 saturated heterocycles. The van der Waals surface area contributed by atoms with Crippen molar-refractivity contribution in [1.82, 2.24) is 15.5 Å². The van der Waals surface area contributed by atoms with E-state index in [1.807, 2.05) is 25.1 Å². The summed E-state index contributed by atoms with van der Waals surface area (Å²) >= 11 is 4.25. The monoisotopic (exact) mass is 455 g/mol. The normalized spacial score (nSPS) is 12.6. The summed E-state index contributed by atoms with van der Waals surface area (Å²) in [5.74, 6) is 1.61. The number of thioether (sulfide) groups is 2. The molecule has 2 rings (SSSR count). The lowest BCUT2D eigenvalue weighted by atomic mass is 9.86. The van der Waals surface area contributed by atoms with Crippen molar-refractivity contribution in [2.45, 2.75) is 54.3 Å². The van der Waals surface area contributed by atoms with Crippen molar-refractivity contribution < 1.29 is 14.6 Å². The van der Waals surface area contributed by atoms with E-state index in [1.165, 1.54) is 34.9 Å². The molecule has 0 saturated carbocycles. The largest absolute Gasteiger partial charge is 0.491 e. The highest BCUT2D eigenvalue weighted by molar-refractivity contribution is 8.03. The summed E-state index contributed by atoms with van der Waals surface area (Å²) in [4.78, 5) is 11.6. The van der Waals surface area contributed by atoms with Crippen LogP contribution >= 0.6 is 34.9 Å². The minimum Gasteiger partial charge on any atom is -0.491 e. The van der Waals surface area contributed by atoms with Crippen LogP contribution < -0.4 is 10.1 Å². The van der Waals surface area contributed by atoms with Gasteiger partial charge in [-0.15, -0.1) is 10.2 Å². The predicted molar refractivity (Wildman–Crippen MR) is 121 cm³/mol. The van der Waals surface area contributed by atoms with E-state index >= 15 is 0 Å². The topological polar surface area (TPSA) is 84.3 Å². The summed E-state index contributed by atoms with van der Waals surface area (Å²) in [6.07, 6.45) is 0.303. The summed E-state index contributed by atoms with van der Waals surface area (Å²) < 4.78 is 7.40. The second kappa shape index (κ2) is 11.8. The van der Waals surface area contributed by atoms with Gasteiger partial charge in [0.2, 0.25) is 5.91 Å². The van der Waals surface area contributed by atoms with E-state index in [1.54, 1.807) is 0 Å². The fourth-order valence-corrected chi connectivity index (χ4v) is 5.15. The highest BCUT2D eigenvalue weighted by atomic mass is 32.2. The number of amides is 1. The fraction of sp³-hybridized carbons (Fsp3) is 0.550. The molecule has 6 nitrogen and oxygen atoms in total. The summed E-state index contributed by atoms with van der Waals surface area (Å²) in [5, 5.41) is 21.3. The van der Waals surface area contributed by atoms with Crippen LogP contribution in [0.5, 0.6) is 5.75 Å². The van der Waals surface area contributed by atoms with Gasteiger partial charge in [-0.25, -0.2) is 0 Å². The molecule has 1 aromatic heterocycles. The molecule has 2 N–H and O–H groups in total.